The maximum absolute atomic E-state index is 12.4. The monoisotopic (exact) mass is 345 g/mol. The van der Waals surface area contributed by atoms with Crippen LogP contribution in [0.1, 0.15) is 32.1 Å². The van der Waals surface area contributed by atoms with Crippen molar-refractivity contribution in [3.8, 4) is 0 Å². The normalized spacial score (nSPS) is 25.0. The second-order valence-corrected chi connectivity index (χ2v) is 7.40. The number of hydrogen-bond acceptors (Lipinski definition) is 6. The van der Waals surface area contributed by atoms with Crippen molar-refractivity contribution in [3.63, 3.8) is 0 Å². The molecular formula is C18H27N5O2. The molecule has 0 radical (unpaired) electrons. The zero-order chi connectivity index (χ0) is 17.2. The van der Waals surface area contributed by atoms with Crippen LogP contribution in [-0.4, -0.2) is 71.3 Å². The second kappa shape index (κ2) is 7.15. The summed E-state index contributed by atoms with van der Waals surface area (Å²) in [5, 5.41) is 9.88. The van der Waals surface area contributed by atoms with Gasteiger partial charge in [0.25, 0.3) is 0 Å². The van der Waals surface area contributed by atoms with Crippen molar-refractivity contribution in [1.29, 1.82) is 0 Å². The van der Waals surface area contributed by atoms with Gasteiger partial charge in [0, 0.05) is 51.4 Å². The molecule has 3 heterocycles. The second-order valence-electron chi connectivity index (χ2n) is 7.40. The Bertz CT molecular complexity index is 613. The molecule has 7 nitrogen and oxygen atoms in total. The number of rotatable bonds is 3. The van der Waals surface area contributed by atoms with E-state index in [1.165, 1.54) is 6.42 Å². The van der Waals surface area contributed by atoms with E-state index in [1.807, 2.05) is 11.0 Å². The van der Waals surface area contributed by atoms with Crippen molar-refractivity contribution in [2.24, 2.45) is 5.92 Å². The number of amides is 1. The molecule has 1 aliphatic carbocycles. The fraction of sp³-hybridized carbons (Fsp3) is 0.722. The third kappa shape index (κ3) is 3.56. The van der Waals surface area contributed by atoms with Crippen molar-refractivity contribution < 1.29 is 9.90 Å². The molecule has 1 N–H and O–H groups in total. The molecule has 4 rings (SSSR count). The lowest BCUT2D eigenvalue weighted by atomic mass is 9.84. The minimum absolute atomic E-state index is 0.270. The van der Waals surface area contributed by atoms with Crippen molar-refractivity contribution in [1.82, 2.24) is 14.9 Å². The van der Waals surface area contributed by atoms with Crippen LogP contribution in [0.5, 0.6) is 0 Å². The van der Waals surface area contributed by atoms with Crippen LogP contribution in [0.3, 0.4) is 0 Å². The molecular weight excluding hydrogens is 318 g/mol. The van der Waals surface area contributed by atoms with Gasteiger partial charge >= 0.3 is 0 Å². The highest BCUT2D eigenvalue weighted by Crippen LogP contribution is 2.29. The summed E-state index contributed by atoms with van der Waals surface area (Å²) in [4.78, 5) is 27.8. The molecule has 1 amide bonds. The SMILES string of the molecule is O=C(C1CCC1)N1CCN(c2nccc(N3CCCC(O)C3)n2)CC1. The van der Waals surface area contributed by atoms with Gasteiger partial charge in [0.15, 0.2) is 0 Å². The van der Waals surface area contributed by atoms with Gasteiger partial charge in [-0.15, -0.1) is 0 Å². The van der Waals surface area contributed by atoms with Crippen LogP contribution in [0, 0.1) is 5.92 Å². The summed E-state index contributed by atoms with van der Waals surface area (Å²) in [7, 11) is 0. The number of carbonyl (C=O) groups excluding carboxylic acids is 1. The first-order valence-electron chi connectivity index (χ1n) is 9.50. The zero-order valence-corrected chi connectivity index (χ0v) is 14.7. The molecule has 0 spiro atoms. The number of hydrogen-bond donors (Lipinski definition) is 1. The molecule has 3 fully saturated rings. The number of carbonyl (C=O) groups is 1. The Hall–Kier alpha value is -1.89. The average Bonchev–Trinajstić information content (AvgIpc) is 2.60. The Morgan fingerprint density at radius 1 is 1.04 bits per heavy atom. The minimum atomic E-state index is -0.270. The lowest BCUT2D eigenvalue weighted by molar-refractivity contribution is -0.138. The van der Waals surface area contributed by atoms with Crippen molar-refractivity contribution in [2.45, 2.75) is 38.2 Å². The van der Waals surface area contributed by atoms with E-state index in [1.54, 1.807) is 6.20 Å². The summed E-state index contributed by atoms with van der Waals surface area (Å²) >= 11 is 0. The summed E-state index contributed by atoms with van der Waals surface area (Å²) in [5.74, 6) is 2.23. The number of aliphatic hydroxyl groups excluding tert-OH is 1. The van der Waals surface area contributed by atoms with Gasteiger partial charge in [-0.3, -0.25) is 4.79 Å². The van der Waals surface area contributed by atoms with Gasteiger partial charge in [0.05, 0.1) is 6.10 Å². The molecule has 1 aromatic heterocycles. The number of nitrogens with zero attached hydrogens (tertiary/aromatic N) is 5. The van der Waals surface area contributed by atoms with E-state index in [-0.39, 0.29) is 12.0 Å². The molecule has 2 aliphatic heterocycles. The number of β-amino-alcohol motifs (C(OH)–C–C–N with tert-alkyl or cyclic N) is 1. The summed E-state index contributed by atoms with van der Waals surface area (Å²) in [5.41, 5.74) is 0. The van der Waals surface area contributed by atoms with Crippen LogP contribution in [0.15, 0.2) is 12.3 Å². The van der Waals surface area contributed by atoms with Gasteiger partial charge in [0.1, 0.15) is 5.82 Å². The van der Waals surface area contributed by atoms with Crippen LogP contribution in [0.2, 0.25) is 0 Å². The highest BCUT2D eigenvalue weighted by molar-refractivity contribution is 5.79. The topological polar surface area (TPSA) is 72.8 Å². The van der Waals surface area contributed by atoms with Gasteiger partial charge in [-0.2, -0.15) is 4.98 Å². The predicted octanol–water partition coefficient (Wildman–Crippen LogP) is 0.886. The molecule has 25 heavy (non-hydrogen) atoms. The Labute approximate surface area is 148 Å². The maximum atomic E-state index is 12.4. The van der Waals surface area contributed by atoms with Crippen LogP contribution in [0.4, 0.5) is 11.8 Å². The Morgan fingerprint density at radius 2 is 1.84 bits per heavy atom. The van der Waals surface area contributed by atoms with Gasteiger partial charge in [-0.25, -0.2) is 4.98 Å². The zero-order valence-electron chi connectivity index (χ0n) is 14.7. The van der Waals surface area contributed by atoms with E-state index < -0.39 is 0 Å². The van der Waals surface area contributed by atoms with E-state index in [0.717, 1.165) is 70.2 Å². The van der Waals surface area contributed by atoms with E-state index in [9.17, 15) is 9.90 Å². The first kappa shape index (κ1) is 16.6. The molecule has 7 heteroatoms. The third-order valence-electron chi connectivity index (χ3n) is 5.68. The van der Waals surface area contributed by atoms with Gasteiger partial charge in [-0.1, -0.05) is 6.42 Å². The van der Waals surface area contributed by atoms with Gasteiger partial charge in [0.2, 0.25) is 11.9 Å². The van der Waals surface area contributed by atoms with Crippen LogP contribution in [0.25, 0.3) is 0 Å². The van der Waals surface area contributed by atoms with Crippen molar-refractivity contribution in [2.75, 3.05) is 49.1 Å². The fourth-order valence-electron chi connectivity index (χ4n) is 3.87. The highest BCUT2D eigenvalue weighted by Gasteiger charge is 2.31. The number of aliphatic hydroxyl groups is 1. The average molecular weight is 345 g/mol. The Morgan fingerprint density at radius 3 is 2.52 bits per heavy atom. The lowest BCUT2D eigenvalue weighted by Crippen LogP contribution is -2.51. The van der Waals surface area contributed by atoms with Crippen molar-refractivity contribution >= 4 is 17.7 Å². The highest BCUT2D eigenvalue weighted by atomic mass is 16.3. The molecule has 3 aliphatic rings. The third-order valence-corrected chi connectivity index (χ3v) is 5.68. The van der Waals surface area contributed by atoms with Gasteiger partial charge in [-0.05, 0) is 31.7 Å². The summed E-state index contributed by atoms with van der Waals surface area (Å²) < 4.78 is 0. The first-order chi connectivity index (χ1) is 12.2. The number of piperidine rings is 1. The largest absolute Gasteiger partial charge is 0.391 e. The summed E-state index contributed by atoms with van der Waals surface area (Å²) in [6.45, 7) is 4.64. The molecule has 0 bridgehead atoms. The van der Waals surface area contributed by atoms with Crippen molar-refractivity contribution in [3.05, 3.63) is 12.3 Å². The lowest BCUT2D eigenvalue weighted by Gasteiger charge is -2.38. The number of piperazine rings is 1. The molecule has 2 saturated heterocycles. The van der Waals surface area contributed by atoms with E-state index in [0.29, 0.717) is 12.5 Å². The van der Waals surface area contributed by atoms with Crippen LogP contribution < -0.4 is 9.80 Å². The smallest absolute Gasteiger partial charge is 0.227 e. The number of anilines is 2. The molecule has 1 aromatic rings. The number of aromatic nitrogens is 2. The first-order valence-corrected chi connectivity index (χ1v) is 9.50. The van der Waals surface area contributed by atoms with Crippen LogP contribution >= 0.6 is 0 Å². The Kier molecular flexibility index (Phi) is 4.74. The van der Waals surface area contributed by atoms with E-state index in [4.69, 9.17) is 4.98 Å². The standard InChI is InChI=1S/C18H27N5O2/c24-15-5-2-8-23(13-15)16-6-7-19-18(20-16)22-11-9-21(10-12-22)17(25)14-3-1-4-14/h6-7,14-15,24H,1-5,8-13H2. The summed E-state index contributed by atoms with van der Waals surface area (Å²) in [6, 6.07) is 1.91. The molecule has 1 atom stereocenters. The Balaban J connectivity index is 1.38. The molecule has 136 valence electrons. The van der Waals surface area contributed by atoms with E-state index >= 15 is 0 Å². The fourth-order valence-corrected chi connectivity index (χ4v) is 3.87. The minimum Gasteiger partial charge on any atom is -0.391 e. The molecule has 1 saturated carbocycles. The van der Waals surface area contributed by atoms with E-state index in [2.05, 4.69) is 14.8 Å². The summed E-state index contributed by atoms with van der Waals surface area (Å²) in [6.07, 6.45) is 6.70. The molecule has 1 unspecified atom stereocenters. The molecule has 0 aromatic carbocycles. The quantitative estimate of drug-likeness (QED) is 0.877. The van der Waals surface area contributed by atoms with Crippen LogP contribution in [-0.2, 0) is 4.79 Å². The van der Waals surface area contributed by atoms with Gasteiger partial charge < -0.3 is 19.8 Å². The maximum Gasteiger partial charge on any atom is 0.227 e. The predicted molar refractivity (Wildman–Crippen MR) is 95.6 cm³/mol.